The van der Waals surface area contributed by atoms with E-state index in [0.717, 1.165) is 26.9 Å². The predicted molar refractivity (Wildman–Crippen MR) is 156 cm³/mol. The second-order valence-electron chi connectivity index (χ2n) is 9.62. The van der Waals surface area contributed by atoms with Crippen LogP contribution in [0.4, 0.5) is 5.13 Å². The third kappa shape index (κ3) is 4.56. The number of Topliss-reactive ketones (excluding diaryl/α,β-unsaturated/α-hetero) is 1. The van der Waals surface area contributed by atoms with Crippen LogP contribution in [0.25, 0.3) is 16.0 Å². The zero-order chi connectivity index (χ0) is 28.7. The molecule has 1 saturated heterocycles. The van der Waals surface area contributed by atoms with Gasteiger partial charge in [0.25, 0.3) is 5.78 Å². The average Bonchev–Trinajstić information content (AvgIpc) is 3.47. The fourth-order valence-corrected chi connectivity index (χ4v) is 6.29. The number of aryl methyl sites for hydroxylation is 3. The summed E-state index contributed by atoms with van der Waals surface area (Å²) in [6.07, 6.45) is 0. The first-order valence-corrected chi connectivity index (χ1v) is 13.6. The van der Waals surface area contributed by atoms with Gasteiger partial charge >= 0.3 is 5.91 Å². The minimum Gasteiger partial charge on any atom is -0.507 e. The average molecular weight is 559 g/mol. The number of thiazole rings is 1. The first-order chi connectivity index (χ1) is 19.2. The number of hydrogen-bond donors (Lipinski definition) is 1. The molecular weight excluding hydrogens is 528 g/mol. The molecule has 1 aromatic heterocycles. The summed E-state index contributed by atoms with van der Waals surface area (Å²) in [7, 11) is 3.09. The van der Waals surface area contributed by atoms with E-state index in [1.165, 1.54) is 23.3 Å². The van der Waals surface area contributed by atoms with Gasteiger partial charge in [0.05, 0.1) is 42.7 Å². The number of amides is 1. The van der Waals surface area contributed by atoms with Gasteiger partial charge < -0.3 is 19.3 Å². The van der Waals surface area contributed by atoms with Gasteiger partial charge in [-0.2, -0.15) is 0 Å². The van der Waals surface area contributed by atoms with Crippen LogP contribution in [-0.4, -0.2) is 42.6 Å². The van der Waals surface area contributed by atoms with Crippen LogP contribution < -0.4 is 19.1 Å². The van der Waals surface area contributed by atoms with Crippen molar-refractivity contribution in [1.82, 2.24) is 4.98 Å². The van der Waals surface area contributed by atoms with E-state index in [-0.39, 0.29) is 11.3 Å². The lowest BCUT2D eigenvalue weighted by molar-refractivity contribution is -0.132. The molecule has 1 atom stereocenters. The van der Waals surface area contributed by atoms with Crippen LogP contribution in [0.1, 0.15) is 40.8 Å². The fourth-order valence-electron chi connectivity index (χ4n) is 5.12. The van der Waals surface area contributed by atoms with Crippen molar-refractivity contribution < 1.29 is 28.9 Å². The number of rotatable bonds is 7. The smallest absolute Gasteiger partial charge is 0.301 e. The Morgan fingerprint density at radius 1 is 0.950 bits per heavy atom. The standard InChI is InChI=1S/C31H30N2O6S/c1-7-39-22-11-8-19(15-23(22)38-6)27-25(28(34)20-9-10-21(37-5)17(3)14-20)29(35)30(36)33(27)31-32-26-18(4)12-16(2)13-24(26)40-31/h8-15,27,34H,7H2,1-6H3/t27-/m0/s1. The van der Waals surface area contributed by atoms with Crippen molar-refractivity contribution >= 4 is 44.1 Å². The van der Waals surface area contributed by atoms with Gasteiger partial charge in [0.1, 0.15) is 11.5 Å². The number of methoxy groups -OCH3 is 2. The molecule has 206 valence electrons. The molecule has 2 heterocycles. The molecule has 8 nitrogen and oxygen atoms in total. The number of carbonyl (C=O) groups excluding carboxylic acids is 2. The van der Waals surface area contributed by atoms with Crippen molar-refractivity contribution in [2.24, 2.45) is 0 Å². The zero-order valence-electron chi connectivity index (χ0n) is 23.2. The molecule has 1 aliphatic heterocycles. The Bertz CT molecular complexity index is 1690. The second kappa shape index (κ2) is 10.7. The molecule has 0 aliphatic carbocycles. The third-order valence-electron chi connectivity index (χ3n) is 6.94. The van der Waals surface area contributed by atoms with Crippen LogP contribution >= 0.6 is 11.3 Å². The number of aliphatic hydroxyl groups is 1. The lowest BCUT2D eigenvalue weighted by atomic mass is 9.94. The molecule has 0 saturated carbocycles. The summed E-state index contributed by atoms with van der Waals surface area (Å²) >= 11 is 1.33. The van der Waals surface area contributed by atoms with E-state index in [4.69, 9.17) is 19.2 Å². The minimum absolute atomic E-state index is 0.0343. The highest BCUT2D eigenvalue weighted by Gasteiger charge is 2.48. The van der Waals surface area contributed by atoms with Crippen molar-refractivity contribution in [3.63, 3.8) is 0 Å². The van der Waals surface area contributed by atoms with E-state index in [9.17, 15) is 14.7 Å². The number of carbonyl (C=O) groups is 2. The maximum absolute atomic E-state index is 13.7. The van der Waals surface area contributed by atoms with Gasteiger partial charge in [-0.05, 0) is 86.3 Å². The number of hydrogen-bond acceptors (Lipinski definition) is 8. The van der Waals surface area contributed by atoms with Crippen molar-refractivity contribution in [2.75, 3.05) is 25.7 Å². The van der Waals surface area contributed by atoms with Gasteiger partial charge in [-0.3, -0.25) is 14.5 Å². The summed E-state index contributed by atoms with van der Waals surface area (Å²) in [4.78, 5) is 33.5. The monoisotopic (exact) mass is 558 g/mol. The Morgan fingerprint density at radius 2 is 1.68 bits per heavy atom. The van der Waals surface area contributed by atoms with Gasteiger partial charge in [0.2, 0.25) is 0 Å². The van der Waals surface area contributed by atoms with Gasteiger partial charge in [-0.15, -0.1) is 0 Å². The summed E-state index contributed by atoms with van der Waals surface area (Å²) in [5.74, 6) is -0.222. The Hall–Kier alpha value is -4.37. The summed E-state index contributed by atoms with van der Waals surface area (Å²) in [5, 5.41) is 11.9. The molecule has 1 fully saturated rings. The van der Waals surface area contributed by atoms with E-state index in [1.807, 2.05) is 39.8 Å². The molecule has 0 radical (unpaired) electrons. The second-order valence-corrected chi connectivity index (χ2v) is 10.6. The number of anilines is 1. The molecule has 5 rings (SSSR count). The topological polar surface area (TPSA) is 98.2 Å². The van der Waals surface area contributed by atoms with Crippen LogP contribution in [0.5, 0.6) is 17.2 Å². The number of ketones is 1. The van der Waals surface area contributed by atoms with Crippen LogP contribution in [0, 0.1) is 20.8 Å². The van der Waals surface area contributed by atoms with Gasteiger partial charge in [-0.25, -0.2) is 4.98 Å². The zero-order valence-corrected chi connectivity index (χ0v) is 24.0. The molecule has 0 bridgehead atoms. The highest BCUT2D eigenvalue weighted by atomic mass is 32.1. The fraction of sp³-hybridized carbons (Fsp3) is 0.258. The lowest BCUT2D eigenvalue weighted by Gasteiger charge is -2.24. The van der Waals surface area contributed by atoms with Gasteiger partial charge in [0, 0.05) is 5.56 Å². The summed E-state index contributed by atoms with van der Waals surface area (Å²) < 4.78 is 17.5. The number of fused-ring (bicyclic) bond motifs is 1. The molecule has 40 heavy (non-hydrogen) atoms. The Kier molecular flexibility index (Phi) is 7.25. The van der Waals surface area contributed by atoms with E-state index < -0.39 is 17.7 Å². The molecular formula is C31H30N2O6S. The molecule has 1 amide bonds. The molecule has 9 heteroatoms. The Labute approximate surface area is 236 Å². The van der Waals surface area contributed by atoms with E-state index in [0.29, 0.717) is 40.1 Å². The van der Waals surface area contributed by atoms with Crippen molar-refractivity contribution in [1.29, 1.82) is 0 Å². The quantitative estimate of drug-likeness (QED) is 0.162. The normalized spacial score (nSPS) is 16.6. The third-order valence-corrected chi connectivity index (χ3v) is 7.94. The molecule has 4 aromatic rings. The molecule has 0 unspecified atom stereocenters. The highest BCUT2D eigenvalue weighted by Crippen LogP contribution is 2.46. The number of benzene rings is 3. The molecule has 0 spiro atoms. The first-order valence-electron chi connectivity index (χ1n) is 12.8. The van der Waals surface area contributed by atoms with Crippen LogP contribution in [0.3, 0.4) is 0 Å². The van der Waals surface area contributed by atoms with Crippen LogP contribution in [0.15, 0.2) is 54.1 Å². The first kappa shape index (κ1) is 27.2. The predicted octanol–water partition coefficient (Wildman–Crippen LogP) is 6.26. The Morgan fingerprint density at radius 3 is 2.35 bits per heavy atom. The van der Waals surface area contributed by atoms with Gasteiger partial charge in [-0.1, -0.05) is 23.5 Å². The van der Waals surface area contributed by atoms with E-state index in [2.05, 4.69) is 0 Å². The van der Waals surface area contributed by atoms with Crippen LogP contribution in [-0.2, 0) is 9.59 Å². The lowest BCUT2D eigenvalue weighted by Crippen LogP contribution is -2.29. The minimum atomic E-state index is -0.950. The van der Waals surface area contributed by atoms with Crippen molar-refractivity contribution in [3.8, 4) is 17.2 Å². The highest BCUT2D eigenvalue weighted by molar-refractivity contribution is 7.22. The van der Waals surface area contributed by atoms with Crippen LogP contribution in [0.2, 0.25) is 0 Å². The SMILES string of the molecule is CCOc1ccc([C@H]2C(=C(O)c3ccc(OC)c(C)c3)C(=O)C(=O)N2c2nc3c(C)cc(C)cc3s2)cc1OC. The maximum atomic E-state index is 13.7. The van der Waals surface area contributed by atoms with Gasteiger partial charge in [0.15, 0.2) is 16.6 Å². The van der Waals surface area contributed by atoms with E-state index in [1.54, 1.807) is 43.5 Å². The van der Waals surface area contributed by atoms with E-state index >= 15 is 0 Å². The molecule has 3 aromatic carbocycles. The largest absolute Gasteiger partial charge is 0.507 e. The van der Waals surface area contributed by atoms with Crippen molar-refractivity contribution in [3.05, 3.63) is 81.9 Å². The summed E-state index contributed by atoms with van der Waals surface area (Å²) in [5.41, 5.74) is 4.52. The number of aliphatic hydroxyl groups excluding tert-OH is 1. The number of ether oxygens (including phenoxy) is 3. The maximum Gasteiger partial charge on any atom is 0.301 e. The number of aromatic nitrogens is 1. The summed E-state index contributed by atoms with van der Waals surface area (Å²) in [6.45, 7) is 8.12. The number of nitrogens with zero attached hydrogens (tertiary/aromatic N) is 2. The van der Waals surface area contributed by atoms with Crippen molar-refractivity contribution in [2.45, 2.75) is 33.7 Å². The molecule has 1 N–H and O–H groups in total. The Balaban J connectivity index is 1.75. The summed E-state index contributed by atoms with van der Waals surface area (Å²) in [6, 6.07) is 13.4. The molecule has 1 aliphatic rings.